The van der Waals surface area contributed by atoms with E-state index >= 15 is 0 Å². The van der Waals surface area contributed by atoms with Crippen molar-refractivity contribution in [1.29, 1.82) is 0 Å². The number of anilines is 6. The summed E-state index contributed by atoms with van der Waals surface area (Å²) in [6.07, 6.45) is 3.57. The molecule has 44 heavy (non-hydrogen) atoms. The SMILES string of the molecule is Cc1cc(C)c(N(c2ccc(N(c3ccc(-c4ccccc4)cc3)c3ncccn3)cc2)c2c(C)cc(C)cc2C)c(C)c1. The van der Waals surface area contributed by atoms with Gasteiger partial charge in [0.1, 0.15) is 0 Å². The second-order valence-electron chi connectivity index (χ2n) is 11.6. The first-order valence-corrected chi connectivity index (χ1v) is 15.1. The second-order valence-corrected chi connectivity index (χ2v) is 11.6. The van der Waals surface area contributed by atoms with E-state index in [0.717, 1.165) is 17.1 Å². The fourth-order valence-corrected chi connectivity index (χ4v) is 6.39. The van der Waals surface area contributed by atoms with Gasteiger partial charge in [-0.15, -0.1) is 0 Å². The van der Waals surface area contributed by atoms with E-state index in [1.54, 1.807) is 12.4 Å². The summed E-state index contributed by atoms with van der Waals surface area (Å²) in [5.74, 6) is 0.625. The molecule has 6 rings (SSSR count). The van der Waals surface area contributed by atoms with E-state index in [2.05, 4.69) is 158 Å². The average molecular weight is 575 g/mol. The fourth-order valence-electron chi connectivity index (χ4n) is 6.39. The second kappa shape index (κ2) is 12.2. The van der Waals surface area contributed by atoms with E-state index in [9.17, 15) is 0 Å². The summed E-state index contributed by atoms with van der Waals surface area (Å²) in [7, 11) is 0. The zero-order chi connectivity index (χ0) is 30.8. The largest absolute Gasteiger partial charge is 0.309 e. The lowest BCUT2D eigenvalue weighted by Gasteiger charge is -2.32. The highest BCUT2D eigenvalue weighted by Crippen LogP contribution is 2.43. The van der Waals surface area contributed by atoms with Crippen LogP contribution in [0.15, 0.2) is 122 Å². The van der Waals surface area contributed by atoms with E-state index in [-0.39, 0.29) is 0 Å². The van der Waals surface area contributed by atoms with Crippen LogP contribution in [0.4, 0.5) is 34.4 Å². The highest BCUT2D eigenvalue weighted by Gasteiger charge is 2.22. The first kappa shape index (κ1) is 28.9. The van der Waals surface area contributed by atoms with Gasteiger partial charge in [-0.1, -0.05) is 77.9 Å². The van der Waals surface area contributed by atoms with Gasteiger partial charge < -0.3 is 4.90 Å². The van der Waals surface area contributed by atoms with Crippen LogP contribution in [0.3, 0.4) is 0 Å². The molecule has 5 aromatic carbocycles. The third kappa shape index (κ3) is 5.71. The van der Waals surface area contributed by atoms with Crippen molar-refractivity contribution in [2.45, 2.75) is 41.5 Å². The Hall–Kier alpha value is -5.22. The Morgan fingerprint density at radius 1 is 0.409 bits per heavy atom. The molecule has 0 spiro atoms. The molecule has 0 bridgehead atoms. The molecule has 218 valence electrons. The maximum absolute atomic E-state index is 4.63. The van der Waals surface area contributed by atoms with Gasteiger partial charge in [0.2, 0.25) is 5.95 Å². The molecule has 0 aliphatic rings. The molecule has 0 radical (unpaired) electrons. The van der Waals surface area contributed by atoms with Gasteiger partial charge in [0.05, 0.1) is 11.4 Å². The van der Waals surface area contributed by atoms with Crippen molar-refractivity contribution in [3.63, 3.8) is 0 Å². The van der Waals surface area contributed by atoms with Crippen molar-refractivity contribution >= 4 is 34.4 Å². The zero-order valence-electron chi connectivity index (χ0n) is 26.3. The number of aryl methyl sites for hydroxylation is 6. The van der Waals surface area contributed by atoms with E-state index in [1.165, 1.54) is 55.9 Å². The van der Waals surface area contributed by atoms with Gasteiger partial charge in [-0.2, -0.15) is 0 Å². The van der Waals surface area contributed by atoms with Gasteiger partial charge in [-0.05, 0) is 117 Å². The van der Waals surface area contributed by atoms with Gasteiger partial charge in [-0.3, -0.25) is 4.90 Å². The highest BCUT2D eigenvalue weighted by atomic mass is 15.3. The van der Waals surface area contributed by atoms with Gasteiger partial charge >= 0.3 is 0 Å². The van der Waals surface area contributed by atoms with Crippen LogP contribution in [0.2, 0.25) is 0 Å². The lowest BCUT2D eigenvalue weighted by molar-refractivity contribution is 1.08. The maximum Gasteiger partial charge on any atom is 0.234 e. The number of hydrogen-bond acceptors (Lipinski definition) is 4. The number of hydrogen-bond donors (Lipinski definition) is 0. The topological polar surface area (TPSA) is 32.3 Å². The van der Waals surface area contributed by atoms with Crippen molar-refractivity contribution in [2.75, 3.05) is 9.80 Å². The Labute approximate surface area is 261 Å². The first-order valence-electron chi connectivity index (χ1n) is 15.1. The van der Waals surface area contributed by atoms with E-state index in [4.69, 9.17) is 0 Å². The van der Waals surface area contributed by atoms with Crippen molar-refractivity contribution < 1.29 is 0 Å². The van der Waals surface area contributed by atoms with Crippen LogP contribution in [-0.4, -0.2) is 9.97 Å². The predicted octanol–water partition coefficient (Wildman–Crippen LogP) is 10.9. The molecule has 0 fully saturated rings. The van der Waals surface area contributed by atoms with Crippen LogP contribution < -0.4 is 9.80 Å². The molecular formula is C40H38N4. The van der Waals surface area contributed by atoms with Crippen LogP contribution in [0.1, 0.15) is 33.4 Å². The van der Waals surface area contributed by atoms with Gasteiger partial charge in [-0.25, -0.2) is 9.97 Å². The fraction of sp³-hybridized carbons (Fsp3) is 0.150. The Balaban J connectivity index is 1.46. The minimum absolute atomic E-state index is 0.625. The predicted molar refractivity (Wildman–Crippen MR) is 185 cm³/mol. The van der Waals surface area contributed by atoms with E-state index in [0.29, 0.717) is 5.95 Å². The molecule has 0 aliphatic carbocycles. The van der Waals surface area contributed by atoms with Gasteiger partial charge in [0, 0.05) is 29.5 Å². The molecule has 0 aliphatic heterocycles. The van der Waals surface area contributed by atoms with Gasteiger partial charge in [0.25, 0.3) is 0 Å². The standard InChI is InChI=1S/C40H38N4/c1-27-23-29(3)38(30(4)24-27)44(39-31(5)25-28(2)26-32(39)6)37-19-17-36(18-20-37)43(40-41-21-10-22-42-40)35-15-13-34(14-16-35)33-11-8-7-9-12-33/h7-26H,1-6H3. The normalized spacial score (nSPS) is 11.0. The Kier molecular flexibility index (Phi) is 7.99. The summed E-state index contributed by atoms with van der Waals surface area (Å²) in [4.78, 5) is 13.8. The molecule has 4 nitrogen and oxygen atoms in total. The molecule has 0 saturated heterocycles. The van der Waals surface area contributed by atoms with E-state index in [1.807, 2.05) is 12.1 Å². The third-order valence-corrected chi connectivity index (χ3v) is 8.07. The average Bonchev–Trinajstić information content (AvgIpc) is 3.01. The Bertz CT molecular complexity index is 1790. The van der Waals surface area contributed by atoms with Gasteiger partial charge in [0.15, 0.2) is 0 Å². The number of benzene rings is 5. The minimum atomic E-state index is 0.625. The van der Waals surface area contributed by atoms with Crippen LogP contribution in [-0.2, 0) is 0 Å². The summed E-state index contributed by atoms with van der Waals surface area (Å²) in [6, 6.07) is 38.7. The van der Waals surface area contributed by atoms with Crippen molar-refractivity contribution in [3.8, 4) is 11.1 Å². The summed E-state index contributed by atoms with van der Waals surface area (Å²) in [6.45, 7) is 13.2. The molecule has 0 N–H and O–H groups in total. The Morgan fingerprint density at radius 3 is 1.25 bits per heavy atom. The zero-order valence-corrected chi connectivity index (χ0v) is 26.3. The highest BCUT2D eigenvalue weighted by molar-refractivity contribution is 5.85. The number of nitrogens with zero attached hydrogens (tertiary/aromatic N) is 4. The van der Waals surface area contributed by atoms with Crippen molar-refractivity contribution in [3.05, 3.63) is 155 Å². The molecule has 1 aromatic heterocycles. The molecule has 0 saturated carbocycles. The molecule has 4 heteroatoms. The lowest BCUT2D eigenvalue weighted by Crippen LogP contribution is -2.16. The molecule has 6 aromatic rings. The number of rotatable bonds is 7. The molecular weight excluding hydrogens is 536 g/mol. The Morgan fingerprint density at radius 2 is 0.795 bits per heavy atom. The van der Waals surface area contributed by atoms with E-state index < -0.39 is 0 Å². The van der Waals surface area contributed by atoms with Crippen LogP contribution in [0.25, 0.3) is 11.1 Å². The quantitative estimate of drug-likeness (QED) is 0.190. The summed E-state index contributed by atoms with van der Waals surface area (Å²) < 4.78 is 0. The molecule has 0 amide bonds. The first-order chi connectivity index (χ1) is 21.3. The molecule has 0 atom stereocenters. The summed E-state index contributed by atoms with van der Waals surface area (Å²) in [5.41, 5.74) is 15.4. The summed E-state index contributed by atoms with van der Waals surface area (Å²) >= 11 is 0. The van der Waals surface area contributed by atoms with Crippen LogP contribution in [0.5, 0.6) is 0 Å². The van der Waals surface area contributed by atoms with Crippen molar-refractivity contribution in [2.24, 2.45) is 0 Å². The monoisotopic (exact) mass is 574 g/mol. The van der Waals surface area contributed by atoms with Crippen LogP contribution >= 0.6 is 0 Å². The molecule has 0 unspecified atom stereocenters. The number of aromatic nitrogens is 2. The third-order valence-electron chi connectivity index (χ3n) is 8.07. The summed E-state index contributed by atoms with van der Waals surface area (Å²) in [5, 5.41) is 0. The maximum atomic E-state index is 4.63. The van der Waals surface area contributed by atoms with Crippen LogP contribution in [0, 0.1) is 41.5 Å². The smallest absolute Gasteiger partial charge is 0.234 e. The van der Waals surface area contributed by atoms with Crippen molar-refractivity contribution in [1.82, 2.24) is 9.97 Å². The lowest BCUT2D eigenvalue weighted by atomic mass is 9.98. The molecule has 1 heterocycles. The minimum Gasteiger partial charge on any atom is -0.309 e.